The first-order valence-corrected chi connectivity index (χ1v) is 11.9. The number of amides is 1. The summed E-state index contributed by atoms with van der Waals surface area (Å²) in [6.07, 6.45) is 4.94. The number of H-pyrrole nitrogens is 1. The lowest BCUT2D eigenvalue weighted by molar-refractivity contribution is -0.141. The quantitative estimate of drug-likeness (QED) is 0.456. The maximum atomic E-state index is 13.5. The number of nitrogens with zero attached hydrogens (tertiary/aromatic N) is 4. The number of hydrogen-bond acceptors (Lipinski definition) is 6. The number of fused-ring (bicyclic) bond motifs is 4. The van der Waals surface area contributed by atoms with Crippen molar-refractivity contribution in [3.05, 3.63) is 41.2 Å². The van der Waals surface area contributed by atoms with Crippen molar-refractivity contribution in [2.24, 2.45) is 5.92 Å². The zero-order chi connectivity index (χ0) is 22.6. The zero-order valence-electron chi connectivity index (χ0n) is 17.8. The van der Waals surface area contributed by atoms with Crippen LogP contribution in [0.4, 0.5) is 20.3 Å². The van der Waals surface area contributed by atoms with E-state index in [0.717, 1.165) is 43.9 Å². The van der Waals surface area contributed by atoms with Gasteiger partial charge in [0.15, 0.2) is 0 Å². The number of benzene rings is 1. The van der Waals surface area contributed by atoms with Crippen LogP contribution in [0.5, 0.6) is 0 Å². The summed E-state index contributed by atoms with van der Waals surface area (Å²) >= 11 is 1.60. The molecule has 1 amide bonds. The molecule has 10 heteroatoms. The Kier molecular flexibility index (Phi) is 4.79. The SMILES string of the molecule is O=C([C@H]1CCc2c(sc3ncnc(Nc4ccc5[nH]ncc5c4)c23)C1)N1CCC(F)(F)CC1. The van der Waals surface area contributed by atoms with Crippen LogP contribution in [-0.2, 0) is 17.6 Å². The standard InChI is InChI=1S/C23H22F2N6OS/c24-23(25)5-7-31(8-6-23)22(32)13-1-3-16-18(10-13)33-21-19(16)20(26-12-27-21)29-15-2-4-17-14(9-15)11-28-30-17/h2,4,9,11-13H,1,3,5-8,10H2,(H,28,30)(H,26,27,29)/t13-/m0/s1. The van der Waals surface area contributed by atoms with Gasteiger partial charge in [0, 0.05) is 47.8 Å². The average molecular weight is 469 g/mol. The minimum Gasteiger partial charge on any atom is -0.342 e. The minimum atomic E-state index is -2.65. The highest BCUT2D eigenvalue weighted by Crippen LogP contribution is 2.41. The third-order valence-electron chi connectivity index (χ3n) is 6.70. The molecule has 4 aromatic rings. The lowest BCUT2D eigenvalue weighted by Crippen LogP contribution is -2.46. The molecule has 2 aliphatic rings. The van der Waals surface area contributed by atoms with Crippen LogP contribution in [0.15, 0.2) is 30.7 Å². The van der Waals surface area contributed by atoms with Gasteiger partial charge in [0.25, 0.3) is 5.92 Å². The van der Waals surface area contributed by atoms with Crippen molar-refractivity contribution in [3.63, 3.8) is 0 Å². The van der Waals surface area contributed by atoms with Crippen molar-refractivity contribution < 1.29 is 13.6 Å². The van der Waals surface area contributed by atoms with E-state index in [1.807, 2.05) is 18.2 Å². The number of likely N-dealkylation sites (tertiary alicyclic amines) is 1. The molecular formula is C23H22F2N6OS. The van der Waals surface area contributed by atoms with Gasteiger partial charge in [-0.1, -0.05) is 0 Å². The topological polar surface area (TPSA) is 86.8 Å². The maximum Gasteiger partial charge on any atom is 0.251 e. The molecule has 1 aliphatic heterocycles. The van der Waals surface area contributed by atoms with Gasteiger partial charge in [-0.2, -0.15) is 5.10 Å². The number of anilines is 2. The number of carbonyl (C=O) groups is 1. The molecule has 0 unspecified atom stereocenters. The number of alkyl halides is 2. The van der Waals surface area contributed by atoms with E-state index in [-0.39, 0.29) is 37.8 Å². The Hall–Kier alpha value is -3.14. The molecule has 2 N–H and O–H groups in total. The van der Waals surface area contributed by atoms with Crippen LogP contribution in [-0.4, -0.2) is 50.0 Å². The lowest BCUT2D eigenvalue weighted by Gasteiger charge is -2.35. The zero-order valence-corrected chi connectivity index (χ0v) is 18.6. The number of halogens is 2. The fourth-order valence-electron chi connectivity index (χ4n) is 4.89. The second kappa shape index (κ2) is 7.72. The molecular weight excluding hydrogens is 446 g/mol. The molecule has 170 valence electrons. The van der Waals surface area contributed by atoms with E-state index in [1.54, 1.807) is 28.8 Å². The highest BCUT2D eigenvalue weighted by Gasteiger charge is 2.38. The summed E-state index contributed by atoms with van der Waals surface area (Å²) in [6, 6.07) is 5.96. The van der Waals surface area contributed by atoms with Gasteiger partial charge in [-0.05, 0) is 43.0 Å². The van der Waals surface area contributed by atoms with Crippen molar-refractivity contribution >= 4 is 49.9 Å². The summed E-state index contributed by atoms with van der Waals surface area (Å²) in [6.45, 7) is 0.282. The molecule has 1 aliphatic carbocycles. The first kappa shape index (κ1) is 20.5. The van der Waals surface area contributed by atoms with E-state index in [9.17, 15) is 13.6 Å². The normalized spacial score (nSPS) is 20.2. The summed E-state index contributed by atoms with van der Waals surface area (Å²) in [5, 5.41) is 12.5. The number of thiophene rings is 1. The van der Waals surface area contributed by atoms with Crippen molar-refractivity contribution in [2.45, 2.75) is 38.0 Å². The second-order valence-corrected chi connectivity index (χ2v) is 9.91. The fourth-order valence-corrected chi connectivity index (χ4v) is 6.15. The first-order valence-electron chi connectivity index (χ1n) is 11.1. The second-order valence-electron chi connectivity index (χ2n) is 8.82. The molecule has 1 aromatic carbocycles. The largest absolute Gasteiger partial charge is 0.342 e. The molecule has 1 fully saturated rings. The molecule has 0 spiro atoms. The number of nitrogens with one attached hydrogen (secondary N) is 2. The Morgan fingerprint density at radius 2 is 2.09 bits per heavy atom. The Morgan fingerprint density at radius 3 is 2.94 bits per heavy atom. The molecule has 3 aromatic heterocycles. The van der Waals surface area contributed by atoms with Crippen LogP contribution in [0.25, 0.3) is 21.1 Å². The van der Waals surface area contributed by atoms with Crippen molar-refractivity contribution in [1.29, 1.82) is 0 Å². The molecule has 4 heterocycles. The van der Waals surface area contributed by atoms with E-state index >= 15 is 0 Å². The van der Waals surface area contributed by atoms with E-state index < -0.39 is 5.92 Å². The number of carbonyl (C=O) groups excluding carboxylic acids is 1. The average Bonchev–Trinajstić information content (AvgIpc) is 3.42. The van der Waals surface area contributed by atoms with Crippen LogP contribution in [0.2, 0.25) is 0 Å². The van der Waals surface area contributed by atoms with Gasteiger partial charge in [-0.25, -0.2) is 18.7 Å². The minimum absolute atomic E-state index is 0.00598. The van der Waals surface area contributed by atoms with E-state index in [0.29, 0.717) is 12.8 Å². The summed E-state index contributed by atoms with van der Waals surface area (Å²) < 4.78 is 27.0. The van der Waals surface area contributed by atoms with Gasteiger partial charge in [0.2, 0.25) is 5.91 Å². The highest BCUT2D eigenvalue weighted by atomic mass is 32.1. The van der Waals surface area contributed by atoms with Crippen LogP contribution < -0.4 is 5.32 Å². The molecule has 1 saturated heterocycles. The van der Waals surface area contributed by atoms with Crippen LogP contribution in [0.3, 0.4) is 0 Å². The highest BCUT2D eigenvalue weighted by molar-refractivity contribution is 7.19. The summed E-state index contributed by atoms with van der Waals surface area (Å²) in [4.78, 5) is 25.7. The molecule has 1 atom stereocenters. The number of aromatic nitrogens is 4. The molecule has 0 saturated carbocycles. The van der Waals surface area contributed by atoms with Gasteiger partial charge in [-0.3, -0.25) is 9.89 Å². The van der Waals surface area contributed by atoms with Gasteiger partial charge >= 0.3 is 0 Å². The van der Waals surface area contributed by atoms with Crippen LogP contribution >= 0.6 is 11.3 Å². The van der Waals surface area contributed by atoms with Gasteiger partial charge < -0.3 is 10.2 Å². The number of hydrogen-bond donors (Lipinski definition) is 2. The van der Waals surface area contributed by atoms with E-state index in [2.05, 4.69) is 25.5 Å². The van der Waals surface area contributed by atoms with E-state index in [1.165, 1.54) is 5.56 Å². The van der Waals surface area contributed by atoms with Crippen molar-refractivity contribution in [3.8, 4) is 0 Å². The molecule has 0 bridgehead atoms. The summed E-state index contributed by atoms with van der Waals surface area (Å²) in [5.74, 6) is -2.05. The number of rotatable bonds is 3. The van der Waals surface area contributed by atoms with Gasteiger partial charge in [0.05, 0.1) is 17.1 Å². The molecule has 6 rings (SSSR count). The predicted molar refractivity (Wildman–Crippen MR) is 123 cm³/mol. The summed E-state index contributed by atoms with van der Waals surface area (Å²) in [5.41, 5.74) is 3.07. The third kappa shape index (κ3) is 3.72. The lowest BCUT2D eigenvalue weighted by atomic mass is 9.86. The maximum absolute atomic E-state index is 13.5. The van der Waals surface area contributed by atoms with E-state index in [4.69, 9.17) is 0 Å². The number of piperidine rings is 1. The van der Waals surface area contributed by atoms with Crippen molar-refractivity contribution in [1.82, 2.24) is 25.1 Å². The Labute approximate surface area is 192 Å². The Morgan fingerprint density at radius 1 is 1.24 bits per heavy atom. The third-order valence-corrected chi connectivity index (χ3v) is 7.87. The summed E-state index contributed by atoms with van der Waals surface area (Å²) in [7, 11) is 0. The number of aryl methyl sites for hydroxylation is 1. The molecule has 7 nitrogen and oxygen atoms in total. The molecule has 0 radical (unpaired) electrons. The smallest absolute Gasteiger partial charge is 0.251 e. The van der Waals surface area contributed by atoms with Gasteiger partial charge in [0.1, 0.15) is 17.0 Å². The van der Waals surface area contributed by atoms with Crippen LogP contribution in [0.1, 0.15) is 29.7 Å². The van der Waals surface area contributed by atoms with Crippen molar-refractivity contribution in [2.75, 3.05) is 18.4 Å². The Balaban J connectivity index is 1.25. The van der Waals surface area contributed by atoms with Gasteiger partial charge in [-0.15, -0.1) is 11.3 Å². The molecule has 33 heavy (non-hydrogen) atoms. The fraction of sp³-hybridized carbons (Fsp3) is 0.391. The first-order chi connectivity index (χ1) is 16.0. The monoisotopic (exact) mass is 468 g/mol. The Bertz CT molecular complexity index is 1360. The van der Waals surface area contributed by atoms with Crippen LogP contribution in [0, 0.1) is 5.92 Å². The number of aromatic amines is 1. The predicted octanol–water partition coefficient (Wildman–Crippen LogP) is 4.67.